The van der Waals surface area contributed by atoms with Crippen LogP contribution in [0, 0.1) is 12.7 Å². The van der Waals surface area contributed by atoms with Crippen molar-refractivity contribution in [3.8, 4) is 5.88 Å². The fourth-order valence-electron chi connectivity index (χ4n) is 4.03. The van der Waals surface area contributed by atoms with E-state index in [-0.39, 0.29) is 23.7 Å². The fraction of sp³-hybridized carbons (Fsp3) is 0.391. The van der Waals surface area contributed by atoms with Crippen molar-refractivity contribution in [3.63, 3.8) is 0 Å². The lowest BCUT2D eigenvalue weighted by atomic mass is 10.1. The second-order valence-electron chi connectivity index (χ2n) is 8.42. The monoisotopic (exact) mass is 508 g/mol. The molecule has 0 radical (unpaired) electrons. The third-order valence-corrected chi connectivity index (χ3v) is 5.81. The molecule has 2 N–H and O–H groups in total. The lowest BCUT2D eigenvalue weighted by molar-refractivity contribution is -0.139. The zero-order valence-corrected chi connectivity index (χ0v) is 19.6. The van der Waals surface area contributed by atoms with Crippen molar-refractivity contribution < 1.29 is 31.9 Å². The number of ether oxygens (including phenoxy) is 1. The van der Waals surface area contributed by atoms with Gasteiger partial charge in [0.2, 0.25) is 5.88 Å². The van der Waals surface area contributed by atoms with Crippen LogP contribution in [0.3, 0.4) is 0 Å². The molecular weight excluding hydrogens is 484 g/mol. The van der Waals surface area contributed by atoms with Crippen LogP contribution in [0.15, 0.2) is 24.3 Å². The van der Waals surface area contributed by atoms with Crippen molar-refractivity contribution in [1.82, 2.24) is 25.0 Å². The molecule has 0 bridgehead atoms. The predicted octanol–water partition coefficient (Wildman–Crippen LogP) is 3.87. The predicted molar refractivity (Wildman–Crippen MR) is 122 cm³/mol. The summed E-state index contributed by atoms with van der Waals surface area (Å²) in [4.78, 5) is 32.0. The minimum atomic E-state index is -4.95. The Bertz CT molecular complexity index is 1300. The first-order valence-electron chi connectivity index (χ1n) is 11.2. The molecular formula is C23H24F4N6O3. The van der Waals surface area contributed by atoms with Gasteiger partial charge in [0, 0.05) is 24.7 Å². The summed E-state index contributed by atoms with van der Waals surface area (Å²) in [5.74, 6) is -2.36. The highest BCUT2D eigenvalue weighted by Gasteiger charge is 2.34. The number of likely N-dealkylation sites (tertiary alicyclic amines) is 1. The van der Waals surface area contributed by atoms with Crippen molar-refractivity contribution in [2.75, 3.05) is 31.6 Å². The molecule has 0 unspecified atom stereocenters. The minimum absolute atomic E-state index is 0.00358. The first-order valence-corrected chi connectivity index (χ1v) is 11.2. The minimum Gasteiger partial charge on any atom is -0.476 e. The average molecular weight is 508 g/mol. The van der Waals surface area contributed by atoms with Crippen LogP contribution < -0.4 is 15.4 Å². The number of anilines is 1. The quantitative estimate of drug-likeness (QED) is 0.491. The number of nitrogens with one attached hydrogen (secondary N) is 2. The third kappa shape index (κ3) is 5.56. The molecule has 1 aromatic carbocycles. The highest BCUT2D eigenvalue weighted by molar-refractivity contribution is 6.10. The fourth-order valence-corrected chi connectivity index (χ4v) is 4.03. The summed E-state index contributed by atoms with van der Waals surface area (Å²) >= 11 is 0. The summed E-state index contributed by atoms with van der Waals surface area (Å²) in [6.07, 6.45) is -2.72. The van der Waals surface area contributed by atoms with Gasteiger partial charge in [-0.2, -0.15) is 23.3 Å². The van der Waals surface area contributed by atoms with Crippen molar-refractivity contribution >= 4 is 28.7 Å². The number of aromatic nitrogens is 3. The molecule has 1 fully saturated rings. The Morgan fingerprint density at radius 1 is 1.17 bits per heavy atom. The summed E-state index contributed by atoms with van der Waals surface area (Å²) in [5.41, 5.74) is -0.830. The largest absolute Gasteiger partial charge is 0.476 e. The Labute approximate surface area is 203 Å². The standard InChI is InChI=1S/C23H24F4N6O3/c1-13-15-12-16(21(29-19(15)32(2)31-13)36-10-9-33-7-3-4-8-33)20(34)30-22(35)28-14-5-6-18(24)17(11-14)23(25,26)27/h5-6,11-12H,3-4,7-10H2,1-2H3,(H2,28,30,34,35). The Morgan fingerprint density at radius 3 is 2.58 bits per heavy atom. The summed E-state index contributed by atoms with van der Waals surface area (Å²) in [7, 11) is 1.70. The van der Waals surface area contributed by atoms with Gasteiger partial charge < -0.3 is 10.1 Å². The van der Waals surface area contributed by atoms with Gasteiger partial charge in [-0.3, -0.25) is 19.7 Å². The summed E-state index contributed by atoms with van der Waals surface area (Å²) in [6, 6.07) is 2.37. The van der Waals surface area contributed by atoms with Gasteiger partial charge in [0.1, 0.15) is 18.0 Å². The summed E-state index contributed by atoms with van der Waals surface area (Å²) in [6.45, 7) is 4.56. The lowest BCUT2D eigenvalue weighted by Gasteiger charge is -2.16. The van der Waals surface area contributed by atoms with E-state index in [1.54, 1.807) is 18.7 Å². The van der Waals surface area contributed by atoms with Crippen LogP contribution in [0.25, 0.3) is 11.0 Å². The van der Waals surface area contributed by atoms with Crippen molar-refractivity contribution in [2.24, 2.45) is 7.05 Å². The van der Waals surface area contributed by atoms with Gasteiger partial charge in [0.15, 0.2) is 5.65 Å². The molecule has 0 atom stereocenters. The number of urea groups is 1. The highest BCUT2D eigenvalue weighted by Crippen LogP contribution is 2.33. The molecule has 0 spiro atoms. The van der Waals surface area contributed by atoms with Crippen LogP contribution in [0.1, 0.15) is 34.5 Å². The molecule has 1 aliphatic rings. The van der Waals surface area contributed by atoms with Crippen LogP contribution in [-0.4, -0.2) is 57.8 Å². The van der Waals surface area contributed by atoms with Gasteiger partial charge in [0.25, 0.3) is 5.91 Å². The van der Waals surface area contributed by atoms with Crippen molar-refractivity contribution in [3.05, 3.63) is 46.9 Å². The second kappa shape index (κ2) is 10.1. The summed E-state index contributed by atoms with van der Waals surface area (Å²) < 4.78 is 59.7. The molecule has 3 heterocycles. The van der Waals surface area contributed by atoms with Gasteiger partial charge in [-0.15, -0.1) is 0 Å². The SMILES string of the molecule is Cc1nn(C)c2nc(OCCN3CCCC3)c(C(=O)NC(=O)Nc3ccc(F)c(C(F)(F)F)c3)cc12. The van der Waals surface area contributed by atoms with E-state index in [1.165, 1.54) is 6.07 Å². The Kier molecular flexibility index (Phi) is 7.11. The maximum Gasteiger partial charge on any atom is 0.419 e. The van der Waals surface area contributed by atoms with E-state index in [9.17, 15) is 27.2 Å². The van der Waals surface area contributed by atoms with Gasteiger partial charge >= 0.3 is 12.2 Å². The topological polar surface area (TPSA) is 101 Å². The van der Waals surface area contributed by atoms with Crippen LogP contribution in [-0.2, 0) is 13.2 Å². The lowest BCUT2D eigenvalue weighted by Crippen LogP contribution is -2.35. The molecule has 36 heavy (non-hydrogen) atoms. The van der Waals surface area contributed by atoms with Crippen LogP contribution in [0.4, 0.5) is 28.0 Å². The van der Waals surface area contributed by atoms with Crippen molar-refractivity contribution in [2.45, 2.75) is 25.9 Å². The van der Waals surface area contributed by atoms with Crippen LogP contribution >= 0.6 is 0 Å². The molecule has 0 saturated carbocycles. The first kappa shape index (κ1) is 25.4. The molecule has 1 saturated heterocycles. The number of fused-ring (bicyclic) bond motifs is 1. The van der Waals surface area contributed by atoms with Gasteiger partial charge in [-0.25, -0.2) is 9.18 Å². The van der Waals surface area contributed by atoms with Gasteiger partial charge in [-0.1, -0.05) is 0 Å². The summed E-state index contributed by atoms with van der Waals surface area (Å²) in [5, 5.41) is 9.03. The number of hydrogen-bond acceptors (Lipinski definition) is 6. The molecule has 4 rings (SSSR count). The zero-order chi connectivity index (χ0) is 26.0. The Morgan fingerprint density at radius 2 is 1.89 bits per heavy atom. The number of nitrogens with zero attached hydrogens (tertiary/aromatic N) is 4. The van der Waals surface area contributed by atoms with Gasteiger partial charge in [0.05, 0.1) is 11.3 Å². The number of carbonyl (C=O) groups excluding carboxylic acids is 2. The normalized spacial score (nSPS) is 14.3. The van der Waals surface area contributed by atoms with E-state index in [0.29, 0.717) is 35.4 Å². The molecule has 13 heteroatoms. The first-order chi connectivity index (χ1) is 17.0. The van der Waals surface area contributed by atoms with E-state index in [4.69, 9.17) is 4.74 Å². The Balaban J connectivity index is 1.53. The number of amides is 3. The van der Waals surface area contributed by atoms with E-state index < -0.39 is 29.5 Å². The molecule has 2 aromatic heterocycles. The number of imide groups is 1. The number of pyridine rings is 1. The smallest absolute Gasteiger partial charge is 0.419 e. The molecule has 3 aromatic rings. The van der Waals surface area contributed by atoms with Crippen LogP contribution in [0.5, 0.6) is 5.88 Å². The third-order valence-electron chi connectivity index (χ3n) is 5.81. The Hall–Kier alpha value is -3.74. The zero-order valence-electron chi connectivity index (χ0n) is 19.6. The molecule has 192 valence electrons. The van der Waals surface area contributed by atoms with Crippen molar-refractivity contribution in [1.29, 1.82) is 0 Å². The maximum atomic E-state index is 13.5. The molecule has 3 amide bonds. The maximum absolute atomic E-state index is 13.5. The van der Waals surface area contributed by atoms with E-state index in [2.05, 4.69) is 25.6 Å². The molecule has 1 aliphatic heterocycles. The van der Waals surface area contributed by atoms with E-state index in [1.807, 2.05) is 0 Å². The highest BCUT2D eigenvalue weighted by atomic mass is 19.4. The number of aryl methyl sites for hydroxylation is 2. The average Bonchev–Trinajstić information content (AvgIpc) is 3.41. The number of rotatable bonds is 6. The number of alkyl halides is 3. The molecule has 9 nitrogen and oxygen atoms in total. The number of halogens is 4. The van der Waals surface area contributed by atoms with E-state index in [0.717, 1.165) is 32.0 Å². The number of benzene rings is 1. The van der Waals surface area contributed by atoms with Gasteiger partial charge in [-0.05, 0) is 57.1 Å². The number of carbonyl (C=O) groups is 2. The number of hydrogen-bond donors (Lipinski definition) is 2. The molecule has 0 aliphatic carbocycles. The second-order valence-corrected chi connectivity index (χ2v) is 8.42. The van der Waals surface area contributed by atoms with Crippen LogP contribution in [0.2, 0.25) is 0 Å². The van der Waals surface area contributed by atoms with E-state index >= 15 is 0 Å².